The summed E-state index contributed by atoms with van der Waals surface area (Å²) in [6, 6.07) is 5.39. The van der Waals surface area contributed by atoms with Crippen LogP contribution in [-0.4, -0.2) is 55.6 Å². The maximum absolute atomic E-state index is 12.6. The summed E-state index contributed by atoms with van der Waals surface area (Å²) in [5.41, 5.74) is 1.76. The van der Waals surface area contributed by atoms with Gasteiger partial charge in [-0.15, -0.1) is 0 Å². The molecule has 0 saturated carbocycles. The predicted octanol–water partition coefficient (Wildman–Crippen LogP) is 1.62. The first-order chi connectivity index (χ1) is 15.1. The zero-order valence-corrected chi connectivity index (χ0v) is 17.4. The number of methoxy groups -OCH3 is 1. The number of aromatic nitrogens is 2. The van der Waals surface area contributed by atoms with E-state index in [1.165, 1.54) is 6.33 Å². The molecule has 2 bridgehead atoms. The molecule has 0 aliphatic carbocycles. The summed E-state index contributed by atoms with van der Waals surface area (Å²) >= 11 is 0. The molecule has 1 aromatic heterocycles. The number of ether oxygens (including phenoxy) is 2. The van der Waals surface area contributed by atoms with E-state index < -0.39 is 0 Å². The van der Waals surface area contributed by atoms with E-state index in [9.17, 15) is 9.59 Å². The lowest BCUT2D eigenvalue weighted by Crippen LogP contribution is -2.33. The largest absolute Gasteiger partial charge is 0.493 e. The Morgan fingerprint density at radius 3 is 2.94 bits per heavy atom. The van der Waals surface area contributed by atoms with Crippen LogP contribution < -0.4 is 30.3 Å². The molecule has 10 nitrogen and oxygen atoms in total. The molecule has 0 atom stereocenters. The maximum Gasteiger partial charge on any atom is 0.259 e. The van der Waals surface area contributed by atoms with Crippen molar-refractivity contribution in [1.82, 2.24) is 15.3 Å². The third kappa shape index (κ3) is 4.37. The van der Waals surface area contributed by atoms with Crippen LogP contribution in [0.15, 0.2) is 30.7 Å². The van der Waals surface area contributed by atoms with Crippen molar-refractivity contribution in [2.45, 2.75) is 12.8 Å². The van der Waals surface area contributed by atoms with Gasteiger partial charge in [-0.2, -0.15) is 0 Å². The van der Waals surface area contributed by atoms with Crippen LogP contribution in [0.3, 0.4) is 0 Å². The third-order valence-corrected chi connectivity index (χ3v) is 5.06. The van der Waals surface area contributed by atoms with Gasteiger partial charge >= 0.3 is 0 Å². The van der Waals surface area contributed by atoms with Gasteiger partial charge in [0.25, 0.3) is 5.91 Å². The van der Waals surface area contributed by atoms with Gasteiger partial charge in [-0.25, -0.2) is 9.97 Å². The molecule has 2 aromatic rings. The first kappa shape index (κ1) is 20.5. The lowest BCUT2D eigenvalue weighted by molar-refractivity contribution is -0.121. The molecule has 2 aliphatic heterocycles. The number of hydrogen-bond acceptors (Lipinski definition) is 8. The van der Waals surface area contributed by atoms with E-state index in [0.29, 0.717) is 66.8 Å². The van der Waals surface area contributed by atoms with Crippen LogP contribution in [0, 0.1) is 0 Å². The van der Waals surface area contributed by atoms with E-state index in [2.05, 4.69) is 25.9 Å². The zero-order chi connectivity index (χ0) is 21.8. The second kappa shape index (κ2) is 8.90. The molecule has 1 aromatic carbocycles. The number of carbonyl (C=O) groups is 2. The van der Waals surface area contributed by atoms with Gasteiger partial charge in [0.15, 0.2) is 11.5 Å². The lowest BCUT2D eigenvalue weighted by Gasteiger charge is -2.20. The van der Waals surface area contributed by atoms with Crippen molar-refractivity contribution in [2.24, 2.45) is 0 Å². The minimum absolute atomic E-state index is 0.0472. The molecular formula is C21H24N6O4. The van der Waals surface area contributed by atoms with Crippen molar-refractivity contribution in [3.63, 3.8) is 0 Å². The summed E-state index contributed by atoms with van der Waals surface area (Å²) in [6.07, 6.45) is 3.98. The quantitative estimate of drug-likeness (QED) is 0.632. The number of benzene rings is 1. The standard InChI is InChI=1S/C21H24N6O4/c1-27-8-7-22-17(28)4-3-9-31-16-10-13(5-6-15(16)30-2)23-11-14-18-19(26-21(14)29)24-12-25-20(18)27/h5-6,10-12,23H,3-4,7-9H2,1-2H3,(H,22,28)(H,24,25,26,29)/b14-11-. The predicted molar refractivity (Wildman–Crippen MR) is 116 cm³/mol. The lowest BCUT2D eigenvalue weighted by atomic mass is 10.1. The van der Waals surface area contributed by atoms with Crippen molar-refractivity contribution in [1.29, 1.82) is 0 Å². The fourth-order valence-electron chi connectivity index (χ4n) is 3.44. The van der Waals surface area contributed by atoms with Gasteiger partial charge in [0.2, 0.25) is 5.91 Å². The van der Waals surface area contributed by atoms with E-state index in [-0.39, 0.29) is 11.8 Å². The normalized spacial score (nSPS) is 18.4. The zero-order valence-electron chi connectivity index (χ0n) is 17.4. The molecule has 162 valence electrons. The number of amides is 2. The molecule has 3 N–H and O–H groups in total. The van der Waals surface area contributed by atoms with Gasteiger partial charge in [0.05, 0.1) is 24.9 Å². The third-order valence-electron chi connectivity index (χ3n) is 5.06. The Kier molecular flexibility index (Phi) is 5.87. The van der Waals surface area contributed by atoms with Crippen molar-refractivity contribution in [3.05, 3.63) is 36.3 Å². The van der Waals surface area contributed by atoms with Gasteiger partial charge in [-0.3, -0.25) is 9.59 Å². The van der Waals surface area contributed by atoms with Crippen molar-refractivity contribution < 1.29 is 19.1 Å². The van der Waals surface area contributed by atoms with E-state index in [4.69, 9.17) is 9.47 Å². The molecule has 2 amide bonds. The molecule has 0 unspecified atom stereocenters. The highest BCUT2D eigenvalue weighted by atomic mass is 16.5. The first-order valence-electron chi connectivity index (χ1n) is 9.99. The summed E-state index contributed by atoms with van der Waals surface area (Å²) in [6.45, 7) is 1.35. The number of nitrogens with zero attached hydrogens (tertiary/aromatic N) is 3. The van der Waals surface area contributed by atoms with E-state index in [1.807, 2.05) is 18.0 Å². The summed E-state index contributed by atoms with van der Waals surface area (Å²) in [5, 5.41) is 8.83. The van der Waals surface area contributed by atoms with E-state index in [1.54, 1.807) is 25.4 Å². The first-order valence-corrected chi connectivity index (χ1v) is 9.99. The van der Waals surface area contributed by atoms with Gasteiger partial charge in [-0.05, 0) is 18.6 Å². The number of rotatable bonds is 1. The molecule has 0 saturated heterocycles. The second-order valence-electron chi connectivity index (χ2n) is 7.17. The summed E-state index contributed by atoms with van der Waals surface area (Å²) in [7, 11) is 3.43. The van der Waals surface area contributed by atoms with Crippen molar-refractivity contribution in [3.8, 4) is 11.5 Å². The van der Waals surface area contributed by atoms with Crippen LogP contribution in [0.1, 0.15) is 18.4 Å². The Labute approximate surface area is 179 Å². The summed E-state index contributed by atoms with van der Waals surface area (Å²) < 4.78 is 11.2. The number of hydrogen-bond donors (Lipinski definition) is 3. The van der Waals surface area contributed by atoms with Crippen LogP contribution >= 0.6 is 0 Å². The Bertz CT molecular complexity index is 1040. The molecule has 0 spiro atoms. The minimum Gasteiger partial charge on any atom is -0.493 e. The van der Waals surface area contributed by atoms with Crippen LogP contribution in [0.2, 0.25) is 0 Å². The monoisotopic (exact) mass is 424 g/mol. The van der Waals surface area contributed by atoms with Gasteiger partial charge in [0, 0.05) is 44.5 Å². The Morgan fingerprint density at radius 2 is 2.10 bits per heavy atom. The topological polar surface area (TPSA) is 118 Å². The Morgan fingerprint density at radius 1 is 1.23 bits per heavy atom. The Hall–Kier alpha value is -3.82. The fourth-order valence-corrected chi connectivity index (χ4v) is 3.44. The molecule has 3 heterocycles. The summed E-state index contributed by atoms with van der Waals surface area (Å²) in [5.74, 6) is 1.88. The number of carbonyl (C=O) groups excluding carboxylic acids is 2. The van der Waals surface area contributed by atoms with Gasteiger partial charge < -0.3 is 30.3 Å². The highest BCUT2D eigenvalue weighted by Crippen LogP contribution is 2.36. The van der Waals surface area contributed by atoms with Crippen LogP contribution in [0.4, 0.5) is 17.3 Å². The van der Waals surface area contributed by atoms with Crippen LogP contribution in [-0.2, 0) is 9.59 Å². The van der Waals surface area contributed by atoms with Crippen molar-refractivity contribution in [2.75, 3.05) is 49.4 Å². The van der Waals surface area contributed by atoms with E-state index >= 15 is 0 Å². The van der Waals surface area contributed by atoms with Crippen molar-refractivity contribution >= 4 is 34.7 Å². The van der Waals surface area contributed by atoms with Crippen LogP contribution in [0.25, 0.3) is 5.57 Å². The SMILES string of the molecule is COc1ccc2cc1OCCCC(=O)NCCN(C)c1ncnc3c1/C(=C/N2)C(=O)N3. The number of likely N-dealkylation sites (N-methyl/N-ethyl adjacent to an activating group) is 1. The minimum atomic E-state index is -0.270. The number of nitrogens with one attached hydrogen (secondary N) is 3. The van der Waals surface area contributed by atoms with Gasteiger partial charge in [0.1, 0.15) is 18.0 Å². The number of fused-ring (bicyclic) bond motifs is 2. The molecule has 0 radical (unpaired) electrons. The summed E-state index contributed by atoms with van der Waals surface area (Å²) in [4.78, 5) is 35.2. The van der Waals surface area contributed by atoms with Gasteiger partial charge in [-0.1, -0.05) is 0 Å². The molecule has 0 fully saturated rings. The number of anilines is 3. The van der Waals surface area contributed by atoms with Crippen LogP contribution in [0.5, 0.6) is 11.5 Å². The van der Waals surface area contributed by atoms with E-state index in [0.717, 1.165) is 5.69 Å². The fraction of sp³-hybridized carbons (Fsp3) is 0.333. The highest BCUT2D eigenvalue weighted by Gasteiger charge is 2.30. The average molecular weight is 424 g/mol. The second-order valence-corrected chi connectivity index (χ2v) is 7.17. The smallest absolute Gasteiger partial charge is 0.259 e. The maximum atomic E-state index is 12.6. The molecule has 2 aliphatic rings. The molecule has 10 heteroatoms. The molecule has 31 heavy (non-hydrogen) atoms. The highest BCUT2D eigenvalue weighted by molar-refractivity contribution is 6.32. The molecular weight excluding hydrogens is 400 g/mol. The molecule has 4 rings (SSSR count). The average Bonchev–Trinajstić information content (AvgIpc) is 3.09. The Balaban J connectivity index is 1.72.